The van der Waals surface area contributed by atoms with Gasteiger partial charge in [0.25, 0.3) is 5.91 Å². The molecule has 0 spiro atoms. The Bertz CT molecular complexity index is 681. The summed E-state index contributed by atoms with van der Waals surface area (Å²) >= 11 is 1.20. The fraction of sp³-hybridized carbons (Fsp3) is 0.0714. The number of nitrogens with one attached hydrogen (secondary N) is 1. The summed E-state index contributed by atoms with van der Waals surface area (Å²) in [5.41, 5.74) is -0.152. The normalized spacial score (nSPS) is 9.90. The van der Waals surface area contributed by atoms with Gasteiger partial charge in [-0.05, 0) is 17.5 Å². The number of ether oxygens (including phenoxy) is 1. The number of rotatable bonds is 6. The van der Waals surface area contributed by atoms with Crippen molar-refractivity contribution < 1.29 is 14.5 Å². The molecule has 0 aliphatic heterocycles. The molecule has 0 atom stereocenters. The van der Waals surface area contributed by atoms with E-state index in [1.165, 1.54) is 23.5 Å². The van der Waals surface area contributed by atoms with Crippen LogP contribution in [0, 0.1) is 10.1 Å². The minimum Gasteiger partial charge on any atom is -0.448 e. The van der Waals surface area contributed by atoms with Gasteiger partial charge < -0.3 is 10.1 Å². The molecule has 0 aliphatic carbocycles. The molecule has 2 aromatic rings. The molecule has 0 bridgehead atoms. The zero-order valence-corrected chi connectivity index (χ0v) is 11.8. The predicted molar refractivity (Wildman–Crippen MR) is 80.0 cm³/mol. The van der Waals surface area contributed by atoms with Gasteiger partial charge in [0.2, 0.25) is 5.75 Å². The number of benzene rings is 1. The van der Waals surface area contributed by atoms with Crippen LogP contribution in [0.15, 0.2) is 48.4 Å². The molecule has 1 heterocycles. The second-order valence-electron chi connectivity index (χ2n) is 3.94. The molecule has 108 valence electrons. The summed E-state index contributed by atoms with van der Waals surface area (Å²) in [6.07, 6.45) is 1.56. The molecule has 2 rings (SSSR count). The molecule has 0 saturated heterocycles. The minimum absolute atomic E-state index is 0.0960. The Morgan fingerprint density at radius 2 is 2.14 bits per heavy atom. The molecule has 0 aliphatic rings. The molecule has 21 heavy (non-hydrogen) atoms. The largest absolute Gasteiger partial charge is 0.448 e. The lowest BCUT2D eigenvalue weighted by atomic mass is 10.3. The summed E-state index contributed by atoms with van der Waals surface area (Å²) in [4.78, 5) is 22.7. The Morgan fingerprint density at radius 1 is 1.38 bits per heavy atom. The average Bonchev–Trinajstić information content (AvgIpc) is 2.93. The molecular formula is C14H12N2O4S. The van der Waals surface area contributed by atoms with E-state index in [1.807, 2.05) is 0 Å². The number of nitrogens with zero attached hydrogens (tertiary/aromatic N) is 1. The van der Waals surface area contributed by atoms with E-state index in [1.54, 1.807) is 29.7 Å². The molecular weight excluding hydrogens is 292 g/mol. The van der Waals surface area contributed by atoms with Crippen molar-refractivity contribution in [2.45, 2.75) is 0 Å². The number of para-hydroxylation sites is 2. The summed E-state index contributed by atoms with van der Waals surface area (Å²) in [6.45, 7) is 3.85. The topological polar surface area (TPSA) is 81.5 Å². The highest BCUT2D eigenvalue weighted by atomic mass is 32.1. The van der Waals surface area contributed by atoms with Crippen LogP contribution in [0.4, 0.5) is 5.69 Å². The van der Waals surface area contributed by atoms with Crippen molar-refractivity contribution in [1.29, 1.82) is 0 Å². The van der Waals surface area contributed by atoms with Crippen LogP contribution in [-0.4, -0.2) is 17.4 Å². The summed E-state index contributed by atoms with van der Waals surface area (Å²) in [5.74, 6) is 0.0769. The number of carbonyl (C=O) groups excluding carboxylic acids is 1. The van der Waals surface area contributed by atoms with Crippen LogP contribution in [0.25, 0.3) is 0 Å². The first kappa shape index (κ1) is 14.7. The van der Waals surface area contributed by atoms with Crippen LogP contribution < -0.4 is 10.1 Å². The highest BCUT2D eigenvalue weighted by molar-refractivity contribution is 7.12. The molecule has 0 fully saturated rings. The van der Waals surface area contributed by atoms with Gasteiger partial charge in [-0.15, -0.1) is 17.9 Å². The molecule has 0 unspecified atom stereocenters. The van der Waals surface area contributed by atoms with Crippen molar-refractivity contribution in [3.63, 3.8) is 0 Å². The van der Waals surface area contributed by atoms with Gasteiger partial charge in [-0.3, -0.25) is 14.9 Å². The first-order chi connectivity index (χ1) is 10.1. The first-order valence-corrected chi connectivity index (χ1v) is 6.89. The van der Waals surface area contributed by atoms with Gasteiger partial charge in [0, 0.05) is 12.6 Å². The standard InChI is InChI=1S/C14H12N2O4S/c1-2-8-15-14(17)13-12(7-9-21-13)20-11-6-4-3-5-10(11)16(18)19/h2-7,9H,1,8H2,(H,15,17). The highest BCUT2D eigenvalue weighted by Crippen LogP contribution is 2.34. The fourth-order valence-corrected chi connectivity index (χ4v) is 2.33. The minimum atomic E-state index is -0.529. The maximum absolute atomic E-state index is 11.9. The number of nitro groups is 1. The van der Waals surface area contributed by atoms with E-state index >= 15 is 0 Å². The molecule has 7 heteroatoms. The number of hydrogen-bond acceptors (Lipinski definition) is 5. The summed E-state index contributed by atoms with van der Waals surface area (Å²) < 4.78 is 5.53. The molecule has 1 amide bonds. The van der Waals surface area contributed by atoms with Gasteiger partial charge in [-0.25, -0.2) is 0 Å². The predicted octanol–water partition coefficient (Wildman–Crippen LogP) is 3.36. The van der Waals surface area contributed by atoms with Gasteiger partial charge in [0.1, 0.15) is 4.88 Å². The van der Waals surface area contributed by atoms with Gasteiger partial charge in [0.05, 0.1) is 4.92 Å². The number of nitro benzene ring substituents is 1. The third kappa shape index (κ3) is 3.46. The van der Waals surface area contributed by atoms with E-state index < -0.39 is 4.92 Å². The maximum atomic E-state index is 11.9. The quantitative estimate of drug-likeness (QED) is 0.504. The monoisotopic (exact) mass is 304 g/mol. The van der Waals surface area contributed by atoms with Crippen LogP contribution in [0.1, 0.15) is 9.67 Å². The van der Waals surface area contributed by atoms with Crippen LogP contribution in [0.3, 0.4) is 0 Å². The zero-order chi connectivity index (χ0) is 15.2. The zero-order valence-electron chi connectivity index (χ0n) is 10.9. The van der Waals surface area contributed by atoms with Crippen LogP contribution in [0.2, 0.25) is 0 Å². The molecule has 1 aromatic heterocycles. The number of amides is 1. The number of thiophene rings is 1. The van der Waals surface area contributed by atoms with Gasteiger partial charge in [-0.1, -0.05) is 18.2 Å². The lowest BCUT2D eigenvalue weighted by Crippen LogP contribution is -2.22. The van der Waals surface area contributed by atoms with Gasteiger partial charge >= 0.3 is 5.69 Å². The van der Waals surface area contributed by atoms with E-state index in [0.717, 1.165) is 0 Å². The number of hydrogen-bond donors (Lipinski definition) is 1. The fourth-order valence-electron chi connectivity index (χ4n) is 1.60. The Hall–Kier alpha value is -2.67. The Kier molecular flexibility index (Phi) is 4.68. The Morgan fingerprint density at radius 3 is 2.86 bits per heavy atom. The van der Waals surface area contributed by atoms with Crippen molar-refractivity contribution in [1.82, 2.24) is 5.32 Å². The lowest BCUT2D eigenvalue weighted by Gasteiger charge is -2.07. The summed E-state index contributed by atoms with van der Waals surface area (Å²) in [7, 11) is 0. The van der Waals surface area contributed by atoms with Crippen LogP contribution in [0.5, 0.6) is 11.5 Å². The maximum Gasteiger partial charge on any atom is 0.311 e. The van der Waals surface area contributed by atoms with Crippen molar-refractivity contribution in [3.8, 4) is 11.5 Å². The smallest absolute Gasteiger partial charge is 0.311 e. The van der Waals surface area contributed by atoms with Crippen LogP contribution >= 0.6 is 11.3 Å². The van der Waals surface area contributed by atoms with E-state index in [4.69, 9.17) is 4.74 Å². The number of carbonyl (C=O) groups is 1. The van der Waals surface area contributed by atoms with Crippen molar-refractivity contribution in [2.75, 3.05) is 6.54 Å². The second kappa shape index (κ2) is 6.67. The van der Waals surface area contributed by atoms with Gasteiger partial charge in [-0.2, -0.15) is 0 Å². The van der Waals surface area contributed by atoms with Crippen LogP contribution in [-0.2, 0) is 0 Å². The van der Waals surface area contributed by atoms with E-state index in [9.17, 15) is 14.9 Å². The highest BCUT2D eigenvalue weighted by Gasteiger charge is 2.19. The van der Waals surface area contributed by atoms with E-state index in [2.05, 4.69) is 11.9 Å². The second-order valence-corrected chi connectivity index (χ2v) is 4.86. The SMILES string of the molecule is C=CCNC(=O)c1sccc1Oc1ccccc1[N+](=O)[O-]. The Labute approximate surface area is 124 Å². The lowest BCUT2D eigenvalue weighted by molar-refractivity contribution is -0.385. The van der Waals surface area contributed by atoms with E-state index in [-0.39, 0.29) is 23.1 Å². The third-order valence-corrected chi connectivity index (χ3v) is 3.42. The Balaban J connectivity index is 2.25. The van der Waals surface area contributed by atoms with Crippen molar-refractivity contribution in [3.05, 3.63) is 63.4 Å². The van der Waals surface area contributed by atoms with Crippen molar-refractivity contribution in [2.24, 2.45) is 0 Å². The molecule has 0 radical (unpaired) electrons. The van der Waals surface area contributed by atoms with E-state index in [0.29, 0.717) is 11.4 Å². The molecule has 6 nitrogen and oxygen atoms in total. The molecule has 1 N–H and O–H groups in total. The van der Waals surface area contributed by atoms with Gasteiger partial charge in [0.15, 0.2) is 5.75 Å². The summed E-state index contributed by atoms with van der Waals surface area (Å²) in [6, 6.07) is 7.62. The molecule has 1 aromatic carbocycles. The molecule has 0 saturated carbocycles. The first-order valence-electron chi connectivity index (χ1n) is 6.01. The van der Waals surface area contributed by atoms with Crippen molar-refractivity contribution >= 4 is 22.9 Å². The summed E-state index contributed by atoms with van der Waals surface area (Å²) in [5, 5.41) is 15.3. The average molecular weight is 304 g/mol. The third-order valence-electron chi connectivity index (χ3n) is 2.52.